The van der Waals surface area contributed by atoms with Crippen LogP contribution in [0.1, 0.15) is 5.76 Å². The van der Waals surface area contributed by atoms with Gasteiger partial charge in [-0.05, 0) is 24.6 Å². The number of carbonyl (C=O) groups excluding carboxylic acids is 1. The van der Waals surface area contributed by atoms with Gasteiger partial charge in [0, 0.05) is 0 Å². The van der Waals surface area contributed by atoms with Gasteiger partial charge in [0.1, 0.15) is 17.4 Å². The molecule has 0 aliphatic carbocycles. The summed E-state index contributed by atoms with van der Waals surface area (Å²) in [7, 11) is 0. The highest BCUT2D eigenvalue weighted by molar-refractivity contribution is 8.21. The Morgan fingerprint density at radius 1 is 1.53 bits per heavy atom. The number of nitrogens with one attached hydrogen (secondary N) is 1. The Kier molecular flexibility index (Phi) is 5.73. The van der Waals surface area contributed by atoms with E-state index < -0.39 is 0 Å². The van der Waals surface area contributed by atoms with Crippen LogP contribution in [0.4, 0.5) is 0 Å². The second-order valence-corrected chi connectivity index (χ2v) is 4.84. The van der Waals surface area contributed by atoms with E-state index in [0.717, 1.165) is 0 Å². The van der Waals surface area contributed by atoms with Crippen LogP contribution in [-0.4, -0.2) is 18.4 Å². The van der Waals surface area contributed by atoms with Crippen LogP contribution in [0.3, 0.4) is 0 Å². The van der Waals surface area contributed by atoms with Gasteiger partial charge in [-0.3, -0.25) is 4.79 Å². The zero-order valence-corrected chi connectivity index (χ0v) is 11.2. The molecule has 0 saturated carbocycles. The van der Waals surface area contributed by atoms with Crippen LogP contribution in [0.5, 0.6) is 0 Å². The van der Waals surface area contributed by atoms with Crippen LogP contribution in [0, 0.1) is 11.3 Å². The average Bonchev–Trinajstić information content (AvgIpc) is 2.85. The highest BCUT2D eigenvalue weighted by atomic mass is 32.2. The molecule has 1 rings (SSSR count). The summed E-state index contributed by atoms with van der Waals surface area (Å²) in [4.78, 5) is 11.8. The number of hydrogen-bond donors (Lipinski definition) is 1. The molecule has 0 aliphatic heterocycles. The summed E-state index contributed by atoms with van der Waals surface area (Å²) in [5.41, 5.74) is 0.150. The van der Waals surface area contributed by atoms with Crippen molar-refractivity contribution in [2.45, 2.75) is 6.54 Å². The molecule has 0 aliphatic rings. The maximum absolute atomic E-state index is 11.8. The van der Waals surface area contributed by atoms with Gasteiger partial charge in [0.05, 0.1) is 17.0 Å². The van der Waals surface area contributed by atoms with Crippen molar-refractivity contribution in [3.8, 4) is 6.07 Å². The number of amides is 1. The first kappa shape index (κ1) is 13.7. The lowest BCUT2D eigenvalue weighted by atomic mass is 10.3. The molecule has 0 atom stereocenters. The summed E-state index contributed by atoms with van der Waals surface area (Å²) in [6, 6.07) is 5.44. The fourth-order valence-electron chi connectivity index (χ4n) is 1.15. The molecule has 0 unspecified atom stereocenters. The minimum absolute atomic E-state index is 0.150. The quantitative estimate of drug-likeness (QED) is 0.656. The molecule has 1 heterocycles. The number of nitrogens with zero attached hydrogens (tertiary/aromatic N) is 1. The largest absolute Gasteiger partial charge is 0.467 e. The van der Waals surface area contributed by atoms with E-state index in [2.05, 4.69) is 5.32 Å². The molecular weight excluding hydrogens is 256 g/mol. The topological polar surface area (TPSA) is 66.0 Å². The van der Waals surface area contributed by atoms with Crippen molar-refractivity contribution >= 4 is 29.4 Å². The first-order valence-electron chi connectivity index (χ1n) is 4.75. The van der Waals surface area contributed by atoms with Crippen LogP contribution in [-0.2, 0) is 11.3 Å². The van der Waals surface area contributed by atoms with Crippen molar-refractivity contribution in [2.75, 3.05) is 12.5 Å². The number of furan rings is 1. The van der Waals surface area contributed by atoms with Crippen molar-refractivity contribution < 1.29 is 9.21 Å². The summed E-state index contributed by atoms with van der Waals surface area (Å²) in [6.45, 7) is 0.285. The lowest BCUT2D eigenvalue weighted by molar-refractivity contribution is -0.117. The lowest BCUT2D eigenvalue weighted by Gasteiger charge is -2.05. The van der Waals surface area contributed by atoms with Gasteiger partial charge >= 0.3 is 0 Å². The summed E-state index contributed by atoms with van der Waals surface area (Å²) in [6.07, 6.45) is 5.21. The summed E-state index contributed by atoms with van der Waals surface area (Å²) in [5, 5.41) is 11.6. The second kappa shape index (κ2) is 7.09. The van der Waals surface area contributed by atoms with Crippen molar-refractivity contribution in [3.63, 3.8) is 0 Å². The van der Waals surface area contributed by atoms with E-state index in [1.54, 1.807) is 12.1 Å². The first-order chi connectivity index (χ1) is 8.22. The Labute approximate surface area is 108 Å². The van der Waals surface area contributed by atoms with Crippen molar-refractivity contribution in [1.82, 2.24) is 5.32 Å². The fourth-order valence-corrected chi connectivity index (χ4v) is 2.50. The zero-order valence-electron chi connectivity index (χ0n) is 9.52. The minimum Gasteiger partial charge on any atom is -0.467 e. The van der Waals surface area contributed by atoms with E-state index in [0.29, 0.717) is 10.00 Å². The smallest absolute Gasteiger partial charge is 0.264 e. The zero-order chi connectivity index (χ0) is 12.7. The molecule has 0 bridgehead atoms. The summed E-state index contributed by atoms with van der Waals surface area (Å²) >= 11 is 2.78. The molecule has 1 aromatic heterocycles. The maximum atomic E-state index is 11.8. The van der Waals surface area contributed by atoms with Crippen LogP contribution >= 0.6 is 23.5 Å². The fraction of sp³-hybridized carbons (Fsp3) is 0.273. The number of carbonyl (C=O) groups is 1. The molecule has 4 nitrogen and oxygen atoms in total. The van der Waals surface area contributed by atoms with Crippen LogP contribution < -0.4 is 5.32 Å². The van der Waals surface area contributed by atoms with E-state index >= 15 is 0 Å². The highest BCUT2D eigenvalue weighted by Crippen LogP contribution is 2.27. The Balaban J connectivity index is 2.68. The Hall–Kier alpha value is -1.32. The predicted molar refractivity (Wildman–Crippen MR) is 70.2 cm³/mol. The van der Waals surface area contributed by atoms with Crippen molar-refractivity contribution in [2.24, 2.45) is 0 Å². The van der Waals surface area contributed by atoms with E-state index in [9.17, 15) is 4.79 Å². The van der Waals surface area contributed by atoms with E-state index in [-0.39, 0.29) is 18.0 Å². The van der Waals surface area contributed by atoms with E-state index in [1.807, 2.05) is 18.6 Å². The van der Waals surface area contributed by atoms with Gasteiger partial charge in [0.2, 0.25) is 0 Å². The molecular formula is C11H12N2O2S2. The monoisotopic (exact) mass is 268 g/mol. The SMILES string of the molecule is CSC(SC)=C(C#N)C(=O)NCc1ccco1. The van der Waals surface area contributed by atoms with Gasteiger partial charge in [-0.1, -0.05) is 0 Å². The number of nitriles is 1. The number of thioether (sulfide) groups is 2. The third-order valence-electron chi connectivity index (χ3n) is 1.92. The van der Waals surface area contributed by atoms with Gasteiger partial charge in [-0.2, -0.15) is 5.26 Å². The Morgan fingerprint density at radius 2 is 2.24 bits per heavy atom. The van der Waals surface area contributed by atoms with Crippen molar-refractivity contribution in [1.29, 1.82) is 5.26 Å². The second-order valence-electron chi connectivity index (χ2n) is 2.94. The van der Waals surface area contributed by atoms with Gasteiger partial charge in [0.25, 0.3) is 5.91 Å². The first-order valence-corrected chi connectivity index (χ1v) is 7.20. The molecule has 90 valence electrons. The van der Waals surface area contributed by atoms with Crippen LogP contribution in [0.25, 0.3) is 0 Å². The molecule has 1 amide bonds. The maximum Gasteiger partial charge on any atom is 0.264 e. The van der Waals surface area contributed by atoms with Gasteiger partial charge in [-0.25, -0.2) is 0 Å². The Bertz CT molecular complexity index is 441. The third kappa shape index (κ3) is 3.88. The molecule has 0 aromatic carbocycles. The standard InChI is InChI=1S/C11H12N2O2S2/c1-16-11(17-2)9(6-12)10(14)13-7-8-4-3-5-15-8/h3-5H,7H2,1-2H3,(H,13,14). The van der Waals surface area contributed by atoms with Crippen LogP contribution in [0.2, 0.25) is 0 Å². The number of rotatable bonds is 5. The van der Waals surface area contributed by atoms with Gasteiger partial charge in [-0.15, -0.1) is 23.5 Å². The average molecular weight is 268 g/mol. The molecule has 0 saturated heterocycles. The van der Waals surface area contributed by atoms with Gasteiger partial charge < -0.3 is 9.73 Å². The molecule has 0 spiro atoms. The molecule has 0 fully saturated rings. The minimum atomic E-state index is -0.373. The Morgan fingerprint density at radius 3 is 2.71 bits per heavy atom. The number of hydrogen-bond acceptors (Lipinski definition) is 5. The molecule has 6 heteroatoms. The molecule has 0 radical (unpaired) electrons. The molecule has 17 heavy (non-hydrogen) atoms. The van der Waals surface area contributed by atoms with E-state index in [1.165, 1.54) is 29.8 Å². The normalized spacial score (nSPS) is 9.47. The van der Waals surface area contributed by atoms with Crippen LogP contribution in [0.15, 0.2) is 32.6 Å². The van der Waals surface area contributed by atoms with Gasteiger partial charge in [0.15, 0.2) is 0 Å². The predicted octanol–water partition coefficient (Wildman–Crippen LogP) is 2.36. The molecule has 1 N–H and O–H groups in total. The summed E-state index contributed by atoms with van der Waals surface area (Å²) in [5.74, 6) is 0.285. The highest BCUT2D eigenvalue weighted by Gasteiger charge is 2.14. The summed E-state index contributed by atoms with van der Waals surface area (Å²) < 4.78 is 5.80. The van der Waals surface area contributed by atoms with E-state index in [4.69, 9.17) is 9.68 Å². The van der Waals surface area contributed by atoms with Crippen molar-refractivity contribution in [3.05, 3.63) is 34.0 Å². The third-order valence-corrected chi connectivity index (χ3v) is 4.07. The molecule has 1 aromatic rings. The lowest BCUT2D eigenvalue weighted by Crippen LogP contribution is -2.24.